The summed E-state index contributed by atoms with van der Waals surface area (Å²) < 4.78 is 19.8. The van der Waals surface area contributed by atoms with E-state index < -0.39 is 36.2 Å². The number of hydrogen-bond acceptors (Lipinski definition) is 8. The van der Waals surface area contributed by atoms with Gasteiger partial charge in [0, 0.05) is 0 Å². The molecule has 0 bridgehead atoms. The van der Waals surface area contributed by atoms with Gasteiger partial charge in [0.1, 0.15) is 17.8 Å². The van der Waals surface area contributed by atoms with Gasteiger partial charge in [-0.05, 0) is 11.1 Å². The summed E-state index contributed by atoms with van der Waals surface area (Å²) >= 11 is 0. The van der Waals surface area contributed by atoms with E-state index in [1.807, 2.05) is 60.7 Å². The third kappa shape index (κ3) is 4.62. The monoisotopic (exact) mass is 478 g/mol. The number of hydrogen-bond donors (Lipinski definition) is 3. The Morgan fingerprint density at radius 3 is 2.40 bits per heavy atom. The van der Waals surface area contributed by atoms with Crippen molar-refractivity contribution in [2.45, 2.75) is 37.3 Å². The zero-order chi connectivity index (χ0) is 24.3. The number of imidazole rings is 1. The van der Waals surface area contributed by atoms with Crippen LogP contribution in [0.5, 0.6) is 0 Å². The molecule has 0 spiro atoms. The van der Waals surface area contributed by atoms with Crippen molar-refractivity contribution >= 4 is 11.2 Å². The van der Waals surface area contributed by atoms with E-state index in [-0.39, 0.29) is 24.4 Å². The zero-order valence-electron chi connectivity index (χ0n) is 18.9. The molecule has 0 aliphatic carbocycles. The lowest BCUT2D eigenvalue weighted by Crippen LogP contribution is -2.51. The third-order valence-electron chi connectivity index (χ3n) is 6.11. The van der Waals surface area contributed by atoms with Crippen LogP contribution in [0, 0.1) is 0 Å². The van der Waals surface area contributed by atoms with Crippen molar-refractivity contribution in [3.8, 4) is 0 Å². The fraction of sp³-hybridized carbons (Fsp3) is 0.320. The number of nitrogens with zero attached hydrogens (tertiary/aromatic N) is 3. The molecule has 1 aliphatic rings. The van der Waals surface area contributed by atoms with Crippen LogP contribution in [0.15, 0.2) is 78.1 Å². The number of H-pyrrole nitrogens is 1. The Labute approximate surface area is 200 Å². The third-order valence-corrected chi connectivity index (χ3v) is 6.11. The van der Waals surface area contributed by atoms with Crippen molar-refractivity contribution in [3.05, 3.63) is 94.8 Å². The lowest BCUT2D eigenvalue weighted by Gasteiger charge is -2.32. The average Bonchev–Trinajstić information content (AvgIpc) is 3.44. The van der Waals surface area contributed by atoms with Crippen molar-refractivity contribution in [2.24, 2.45) is 0 Å². The summed E-state index contributed by atoms with van der Waals surface area (Å²) in [6, 6.07) is 19.1. The summed E-state index contributed by atoms with van der Waals surface area (Å²) in [6.45, 7) is -0.00771. The van der Waals surface area contributed by atoms with E-state index in [0.29, 0.717) is 6.61 Å². The Balaban J connectivity index is 1.43. The zero-order valence-corrected chi connectivity index (χ0v) is 18.9. The highest BCUT2D eigenvalue weighted by molar-refractivity contribution is 5.68. The molecule has 0 unspecified atom stereocenters. The normalized spacial score (nSPS) is 24.2. The van der Waals surface area contributed by atoms with Crippen LogP contribution in [0.4, 0.5) is 0 Å². The second kappa shape index (κ2) is 10.1. The molecule has 182 valence electrons. The number of aliphatic hydroxyl groups excluding tert-OH is 2. The fourth-order valence-corrected chi connectivity index (χ4v) is 4.32. The standard InChI is InChI=1S/C25H26N4O6/c30-13-25(14-33-11-17-7-3-1-4-8-17)21(34-12-18-9-5-2-6-10-18)20(31)24(35-25)29-16-28-19-22(29)26-15-27-23(19)32/h1-10,15-16,20-21,24,30-31H,11-14H2,(H,26,27,32)/t20-,21+,24-,25-/m1/s1. The molecule has 35 heavy (non-hydrogen) atoms. The largest absolute Gasteiger partial charge is 0.393 e. The Kier molecular flexibility index (Phi) is 6.71. The molecule has 5 rings (SSSR count). The van der Waals surface area contributed by atoms with E-state index in [0.717, 1.165) is 11.1 Å². The molecule has 0 amide bonds. The van der Waals surface area contributed by atoms with Crippen LogP contribution in [0.2, 0.25) is 0 Å². The van der Waals surface area contributed by atoms with Crippen LogP contribution in [-0.4, -0.2) is 60.8 Å². The van der Waals surface area contributed by atoms with Gasteiger partial charge in [-0.1, -0.05) is 60.7 Å². The molecular formula is C25H26N4O6. The Morgan fingerprint density at radius 1 is 1.03 bits per heavy atom. The van der Waals surface area contributed by atoms with Gasteiger partial charge in [0.05, 0.1) is 39.1 Å². The summed E-state index contributed by atoms with van der Waals surface area (Å²) in [5, 5.41) is 21.8. The predicted molar refractivity (Wildman–Crippen MR) is 125 cm³/mol. The molecule has 10 heteroatoms. The lowest BCUT2D eigenvalue weighted by atomic mass is 9.96. The van der Waals surface area contributed by atoms with Crippen LogP contribution in [-0.2, 0) is 27.4 Å². The highest BCUT2D eigenvalue weighted by Gasteiger charge is 2.56. The van der Waals surface area contributed by atoms with Gasteiger partial charge in [0.2, 0.25) is 0 Å². The van der Waals surface area contributed by atoms with Crippen molar-refractivity contribution in [3.63, 3.8) is 0 Å². The van der Waals surface area contributed by atoms with Gasteiger partial charge in [0.25, 0.3) is 5.56 Å². The molecular weight excluding hydrogens is 452 g/mol. The first kappa shape index (κ1) is 23.3. The smallest absolute Gasteiger partial charge is 0.278 e. The number of nitrogens with one attached hydrogen (secondary N) is 1. The second-order valence-electron chi connectivity index (χ2n) is 8.47. The lowest BCUT2D eigenvalue weighted by molar-refractivity contribution is -0.174. The number of benzene rings is 2. The van der Waals surface area contributed by atoms with Crippen LogP contribution in [0.25, 0.3) is 11.2 Å². The maximum Gasteiger partial charge on any atom is 0.278 e. The summed E-state index contributed by atoms with van der Waals surface area (Å²) in [4.78, 5) is 22.9. The van der Waals surface area contributed by atoms with Crippen molar-refractivity contribution < 1.29 is 24.4 Å². The van der Waals surface area contributed by atoms with Crippen LogP contribution in [0.3, 0.4) is 0 Å². The van der Waals surface area contributed by atoms with Crippen molar-refractivity contribution in [1.29, 1.82) is 0 Å². The quantitative estimate of drug-likeness (QED) is 0.330. The summed E-state index contributed by atoms with van der Waals surface area (Å²) in [5.41, 5.74) is 0.455. The van der Waals surface area contributed by atoms with Gasteiger partial charge in [-0.25, -0.2) is 9.97 Å². The van der Waals surface area contributed by atoms with Gasteiger partial charge < -0.3 is 29.4 Å². The topological polar surface area (TPSA) is 132 Å². The second-order valence-corrected chi connectivity index (χ2v) is 8.47. The maximum atomic E-state index is 12.1. The first-order chi connectivity index (χ1) is 17.1. The van der Waals surface area contributed by atoms with Crippen molar-refractivity contribution in [2.75, 3.05) is 13.2 Å². The number of aromatic amines is 1. The number of rotatable bonds is 9. The molecule has 0 radical (unpaired) electrons. The number of fused-ring (bicyclic) bond motifs is 1. The molecule has 2 aromatic carbocycles. The van der Waals surface area contributed by atoms with E-state index in [1.165, 1.54) is 17.2 Å². The van der Waals surface area contributed by atoms with Gasteiger partial charge >= 0.3 is 0 Å². The average molecular weight is 479 g/mol. The number of aliphatic hydroxyl groups is 2. The Hall–Kier alpha value is -3.41. The van der Waals surface area contributed by atoms with Gasteiger partial charge in [-0.15, -0.1) is 0 Å². The molecule has 3 N–H and O–H groups in total. The molecule has 1 fully saturated rings. The van der Waals surface area contributed by atoms with E-state index in [4.69, 9.17) is 14.2 Å². The molecule has 1 aliphatic heterocycles. The van der Waals surface area contributed by atoms with Gasteiger partial charge in [0.15, 0.2) is 17.4 Å². The summed E-state index contributed by atoms with van der Waals surface area (Å²) in [6.07, 6.45) is -0.511. The van der Waals surface area contributed by atoms with Crippen molar-refractivity contribution in [1.82, 2.24) is 19.5 Å². The highest BCUT2D eigenvalue weighted by Crippen LogP contribution is 2.40. The molecule has 0 saturated carbocycles. The summed E-state index contributed by atoms with van der Waals surface area (Å²) in [5.74, 6) is 0. The molecule has 2 aromatic heterocycles. The minimum atomic E-state index is -1.37. The van der Waals surface area contributed by atoms with Gasteiger partial charge in [-0.2, -0.15) is 0 Å². The maximum absolute atomic E-state index is 12.1. The van der Waals surface area contributed by atoms with Crippen LogP contribution < -0.4 is 5.56 Å². The van der Waals surface area contributed by atoms with E-state index in [1.54, 1.807) is 0 Å². The van der Waals surface area contributed by atoms with E-state index in [9.17, 15) is 15.0 Å². The first-order valence-corrected chi connectivity index (χ1v) is 11.3. The Morgan fingerprint density at radius 2 is 1.71 bits per heavy atom. The molecule has 1 saturated heterocycles. The fourth-order valence-electron chi connectivity index (χ4n) is 4.32. The van der Waals surface area contributed by atoms with Gasteiger partial charge in [-0.3, -0.25) is 9.36 Å². The molecule has 4 aromatic rings. The highest BCUT2D eigenvalue weighted by atomic mass is 16.6. The number of ether oxygens (including phenoxy) is 3. The minimum absolute atomic E-state index is 0.0357. The SMILES string of the molecule is O=c1[nH]cnc2c1ncn2[C@@H]1O[C@](CO)(COCc2ccccc2)[C@@H](OCc2ccccc2)[C@H]1O. The van der Waals surface area contributed by atoms with Crippen LogP contribution in [0.1, 0.15) is 17.4 Å². The van der Waals surface area contributed by atoms with Crippen LogP contribution >= 0.6 is 0 Å². The molecule has 4 atom stereocenters. The predicted octanol–water partition coefficient (Wildman–Crippen LogP) is 1.54. The minimum Gasteiger partial charge on any atom is -0.393 e. The number of aromatic nitrogens is 4. The summed E-state index contributed by atoms with van der Waals surface area (Å²) in [7, 11) is 0. The molecule has 10 nitrogen and oxygen atoms in total. The molecule has 3 heterocycles. The van der Waals surface area contributed by atoms with E-state index in [2.05, 4.69) is 15.0 Å². The first-order valence-electron chi connectivity index (χ1n) is 11.3. The Bertz CT molecular complexity index is 1310. The van der Waals surface area contributed by atoms with E-state index >= 15 is 0 Å².